The average molecular weight is 385 g/mol. The SMILES string of the molecule is O=C(CCc1c(F)cccc1Cl)N1CCC(N2C(=O)CSC2=O)CC1. The smallest absolute Gasteiger partial charge is 0.289 e. The number of hydrogen-bond acceptors (Lipinski definition) is 4. The molecule has 25 heavy (non-hydrogen) atoms. The lowest BCUT2D eigenvalue weighted by Gasteiger charge is -2.35. The molecule has 0 aliphatic carbocycles. The maximum atomic E-state index is 13.8. The number of nitrogens with zero attached hydrogens (tertiary/aromatic N) is 2. The molecule has 1 aromatic rings. The van der Waals surface area contributed by atoms with Gasteiger partial charge < -0.3 is 4.90 Å². The van der Waals surface area contributed by atoms with Gasteiger partial charge in [0.15, 0.2) is 0 Å². The van der Waals surface area contributed by atoms with Crippen LogP contribution in [0.2, 0.25) is 5.02 Å². The first kappa shape index (κ1) is 18.2. The Hall–Kier alpha value is -1.60. The summed E-state index contributed by atoms with van der Waals surface area (Å²) in [6.45, 7) is 0.993. The quantitative estimate of drug-likeness (QED) is 0.800. The Bertz CT molecular complexity index is 671. The molecule has 0 aromatic heterocycles. The molecule has 0 N–H and O–H groups in total. The van der Waals surface area contributed by atoms with Crippen molar-refractivity contribution >= 4 is 40.4 Å². The Morgan fingerprint density at radius 2 is 2.00 bits per heavy atom. The van der Waals surface area contributed by atoms with Crippen molar-refractivity contribution in [2.45, 2.75) is 31.7 Å². The summed E-state index contributed by atoms with van der Waals surface area (Å²) in [5.41, 5.74) is 0.359. The van der Waals surface area contributed by atoms with Crippen molar-refractivity contribution in [1.82, 2.24) is 9.80 Å². The van der Waals surface area contributed by atoms with Crippen LogP contribution < -0.4 is 0 Å². The van der Waals surface area contributed by atoms with Gasteiger partial charge in [-0.1, -0.05) is 29.4 Å². The molecule has 5 nitrogen and oxygen atoms in total. The van der Waals surface area contributed by atoms with E-state index in [-0.39, 0.29) is 41.7 Å². The molecule has 3 amide bonds. The molecule has 0 unspecified atom stereocenters. The normalized spacial score (nSPS) is 19.0. The minimum absolute atomic E-state index is 0.0637. The second-order valence-electron chi connectivity index (χ2n) is 6.13. The van der Waals surface area contributed by atoms with Crippen LogP contribution in [0, 0.1) is 5.82 Å². The molecule has 0 radical (unpaired) electrons. The summed E-state index contributed by atoms with van der Waals surface area (Å²) in [4.78, 5) is 39.0. The molecule has 1 aromatic carbocycles. The number of piperidine rings is 1. The first-order chi connectivity index (χ1) is 12.0. The first-order valence-electron chi connectivity index (χ1n) is 8.17. The summed E-state index contributed by atoms with van der Waals surface area (Å²) in [5, 5.41) is 0.138. The Morgan fingerprint density at radius 3 is 2.60 bits per heavy atom. The van der Waals surface area contributed by atoms with E-state index in [4.69, 9.17) is 11.6 Å². The zero-order valence-corrected chi connectivity index (χ0v) is 15.1. The Labute approximate surface area is 154 Å². The summed E-state index contributed by atoms with van der Waals surface area (Å²) in [7, 11) is 0. The van der Waals surface area contributed by atoms with Crippen LogP contribution in [0.15, 0.2) is 18.2 Å². The fourth-order valence-electron chi connectivity index (χ4n) is 3.25. The van der Waals surface area contributed by atoms with E-state index in [9.17, 15) is 18.8 Å². The number of imide groups is 1. The number of thioether (sulfide) groups is 1. The van der Waals surface area contributed by atoms with E-state index in [1.807, 2.05) is 0 Å². The fourth-order valence-corrected chi connectivity index (χ4v) is 4.29. The largest absolute Gasteiger partial charge is 0.343 e. The van der Waals surface area contributed by atoms with Crippen molar-refractivity contribution in [3.63, 3.8) is 0 Å². The van der Waals surface area contributed by atoms with Crippen molar-refractivity contribution in [2.24, 2.45) is 0 Å². The molecular weight excluding hydrogens is 367 g/mol. The van der Waals surface area contributed by atoms with Crippen molar-refractivity contribution in [2.75, 3.05) is 18.8 Å². The summed E-state index contributed by atoms with van der Waals surface area (Å²) < 4.78 is 13.8. The van der Waals surface area contributed by atoms with Crippen LogP contribution >= 0.6 is 23.4 Å². The third kappa shape index (κ3) is 3.98. The highest BCUT2D eigenvalue weighted by atomic mass is 35.5. The lowest BCUT2D eigenvalue weighted by atomic mass is 10.0. The highest BCUT2D eigenvalue weighted by molar-refractivity contribution is 8.14. The molecule has 2 aliphatic heterocycles. The highest BCUT2D eigenvalue weighted by Gasteiger charge is 2.37. The fraction of sp³-hybridized carbons (Fsp3) is 0.471. The van der Waals surface area contributed by atoms with Gasteiger partial charge in [0.05, 0.1) is 5.75 Å². The van der Waals surface area contributed by atoms with Crippen molar-refractivity contribution in [3.8, 4) is 0 Å². The average Bonchev–Trinajstić information content (AvgIpc) is 2.93. The van der Waals surface area contributed by atoms with Gasteiger partial charge in [0.1, 0.15) is 5.82 Å². The van der Waals surface area contributed by atoms with Crippen molar-refractivity contribution in [1.29, 1.82) is 0 Å². The Balaban J connectivity index is 1.52. The molecule has 134 valence electrons. The van der Waals surface area contributed by atoms with Crippen LogP contribution in [-0.4, -0.2) is 51.7 Å². The van der Waals surface area contributed by atoms with Gasteiger partial charge in [-0.15, -0.1) is 0 Å². The zero-order valence-electron chi connectivity index (χ0n) is 13.5. The number of carbonyl (C=O) groups excluding carboxylic acids is 3. The zero-order chi connectivity index (χ0) is 18.0. The molecule has 0 saturated carbocycles. The molecule has 2 heterocycles. The summed E-state index contributed by atoms with van der Waals surface area (Å²) >= 11 is 7.01. The first-order valence-corrected chi connectivity index (χ1v) is 9.53. The van der Waals surface area contributed by atoms with E-state index >= 15 is 0 Å². The van der Waals surface area contributed by atoms with Gasteiger partial charge >= 0.3 is 0 Å². The van der Waals surface area contributed by atoms with Gasteiger partial charge in [0.25, 0.3) is 5.24 Å². The monoisotopic (exact) mass is 384 g/mol. The predicted octanol–water partition coefficient (Wildman–Crippen LogP) is 3.10. The van der Waals surface area contributed by atoms with Crippen LogP contribution in [0.25, 0.3) is 0 Å². The number of amides is 3. The second-order valence-corrected chi connectivity index (χ2v) is 7.46. The van der Waals surface area contributed by atoms with Gasteiger partial charge in [-0.05, 0) is 31.4 Å². The molecule has 2 fully saturated rings. The summed E-state index contributed by atoms with van der Waals surface area (Å²) in [6, 6.07) is 4.35. The van der Waals surface area contributed by atoms with Gasteiger partial charge in [-0.25, -0.2) is 4.39 Å². The number of carbonyl (C=O) groups is 3. The van der Waals surface area contributed by atoms with Crippen molar-refractivity contribution < 1.29 is 18.8 Å². The van der Waals surface area contributed by atoms with Gasteiger partial charge in [0, 0.05) is 36.1 Å². The van der Waals surface area contributed by atoms with Crippen LogP contribution in [-0.2, 0) is 16.0 Å². The van der Waals surface area contributed by atoms with Gasteiger partial charge in [-0.2, -0.15) is 0 Å². The highest BCUT2D eigenvalue weighted by Crippen LogP contribution is 2.27. The van der Waals surface area contributed by atoms with E-state index in [0.29, 0.717) is 36.5 Å². The Kier molecular flexibility index (Phi) is 5.64. The van der Waals surface area contributed by atoms with Crippen LogP contribution in [0.4, 0.5) is 9.18 Å². The lowest BCUT2D eigenvalue weighted by molar-refractivity contribution is -0.133. The Morgan fingerprint density at radius 1 is 1.28 bits per heavy atom. The van der Waals surface area contributed by atoms with Crippen LogP contribution in [0.5, 0.6) is 0 Å². The summed E-state index contributed by atoms with van der Waals surface area (Å²) in [6.07, 6.45) is 1.61. The lowest BCUT2D eigenvalue weighted by Crippen LogP contribution is -2.48. The topological polar surface area (TPSA) is 57.7 Å². The number of benzene rings is 1. The third-order valence-electron chi connectivity index (χ3n) is 4.62. The molecule has 0 spiro atoms. The van der Waals surface area contributed by atoms with Crippen LogP contribution in [0.3, 0.4) is 0 Å². The number of hydrogen-bond donors (Lipinski definition) is 0. The maximum Gasteiger partial charge on any atom is 0.289 e. The minimum atomic E-state index is -0.400. The van der Waals surface area contributed by atoms with E-state index in [2.05, 4.69) is 0 Å². The van der Waals surface area contributed by atoms with E-state index in [0.717, 1.165) is 11.8 Å². The maximum absolute atomic E-state index is 13.8. The number of likely N-dealkylation sites (tertiary alicyclic amines) is 1. The van der Waals surface area contributed by atoms with E-state index in [1.165, 1.54) is 17.0 Å². The van der Waals surface area contributed by atoms with Gasteiger partial charge in [0.2, 0.25) is 11.8 Å². The molecule has 3 rings (SSSR count). The number of halogens is 2. The van der Waals surface area contributed by atoms with E-state index in [1.54, 1.807) is 11.0 Å². The number of rotatable bonds is 4. The summed E-state index contributed by atoms with van der Waals surface area (Å²) in [5.74, 6) is -0.399. The van der Waals surface area contributed by atoms with Gasteiger partial charge in [-0.3, -0.25) is 19.3 Å². The predicted molar refractivity (Wildman–Crippen MR) is 94.0 cm³/mol. The molecular formula is C17H18ClFN2O3S. The minimum Gasteiger partial charge on any atom is -0.343 e. The molecule has 2 aliphatic rings. The third-order valence-corrected chi connectivity index (χ3v) is 5.81. The van der Waals surface area contributed by atoms with E-state index < -0.39 is 5.82 Å². The second kappa shape index (κ2) is 7.74. The molecule has 8 heteroatoms. The van der Waals surface area contributed by atoms with Crippen molar-refractivity contribution in [3.05, 3.63) is 34.6 Å². The molecule has 0 atom stereocenters. The molecule has 2 saturated heterocycles. The molecule has 0 bridgehead atoms. The standard InChI is InChI=1S/C17H18ClFN2O3S/c18-13-2-1-3-14(19)12(13)4-5-15(22)20-8-6-11(7-9-20)21-16(23)10-25-17(21)24/h1-3,11H,4-10H2. The van der Waals surface area contributed by atoms with Crippen LogP contribution in [0.1, 0.15) is 24.8 Å².